The van der Waals surface area contributed by atoms with Crippen LogP contribution < -0.4 is 0 Å². The van der Waals surface area contributed by atoms with Gasteiger partial charge in [-0.15, -0.1) is 0 Å². The number of carbonyl (C=O) groups excluding carboxylic acids is 1. The molecule has 0 saturated carbocycles. The Morgan fingerprint density at radius 1 is 1.50 bits per heavy atom. The summed E-state index contributed by atoms with van der Waals surface area (Å²) in [6, 6.07) is 0. The van der Waals surface area contributed by atoms with Gasteiger partial charge in [-0.3, -0.25) is 0 Å². The van der Waals surface area contributed by atoms with Crippen LogP contribution in [0, 0.1) is 5.92 Å². The fourth-order valence-electron chi connectivity index (χ4n) is 2.44. The molecule has 2 heteroatoms. The van der Waals surface area contributed by atoms with Crippen LogP contribution in [0.25, 0.3) is 0 Å². The molecule has 0 N–H and O–H groups in total. The minimum absolute atomic E-state index is 0.317. The summed E-state index contributed by atoms with van der Waals surface area (Å²) in [6.45, 7) is 1.67. The van der Waals surface area contributed by atoms with Gasteiger partial charge in [0.15, 0.2) is 0 Å². The van der Waals surface area contributed by atoms with Gasteiger partial charge in [0, 0.05) is 6.42 Å². The number of ether oxygens (including phenoxy) is 1. The maximum Gasteiger partial charge on any atom is 0.129 e. The van der Waals surface area contributed by atoms with E-state index in [2.05, 4.69) is 0 Å². The molecular weight excluding hydrogens is 152 g/mol. The zero-order valence-corrected chi connectivity index (χ0v) is 7.58. The lowest BCUT2D eigenvalue weighted by Gasteiger charge is -2.17. The molecule has 0 aromatic rings. The van der Waals surface area contributed by atoms with Crippen LogP contribution >= 0.6 is 0 Å². The molecule has 0 radical (unpaired) electrons. The zero-order chi connectivity index (χ0) is 8.55. The highest BCUT2D eigenvalue weighted by Gasteiger charge is 2.40. The van der Waals surface area contributed by atoms with E-state index in [4.69, 9.17) is 4.74 Å². The molecular formula is C10H16O2. The second-order valence-electron chi connectivity index (χ2n) is 4.11. The molecule has 2 aliphatic heterocycles. The van der Waals surface area contributed by atoms with Crippen molar-refractivity contribution in [3.05, 3.63) is 0 Å². The van der Waals surface area contributed by atoms with Crippen molar-refractivity contribution >= 4 is 5.78 Å². The third-order valence-corrected chi connectivity index (χ3v) is 3.10. The maximum atomic E-state index is 10.8. The average molecular weight is 168 g/mol. The van der Waals surface area contributed by atoms with Crippen LogP contribution in [0.15, 0.2) is 0 Å². The number of fused-ring (bicyclic) bond motifs is 2. The van der Waals surface area contributed by atoms with Crippen molar-refractivity contribution in [3.8, 4) is 0 Å². The highest BCUT2D eigenvalue weighted by molar-refractivity contribution is 5.75. The fourth-order valence-corrected chi connectivity index (χ4v) is 2.44. The van der Waals surface area contributed by atoms with Crippen LogP contribution in [-0.2, 0) is 9.53 Å². The van der Waals surface area contributed by atoms with Crippen molar-refractivity contribution in [2.75, 3.05) is 0 Å². The van der Waals surface area contributed by atoms with Crippen LogP contribution in [-0.4, -0.2) is 18.0 Å². The molecule has 2 rings (SSSR count). The first kappa shape index (κ1) is 8.24. The molecule has 12 heavy (non-hydrogen) atoms. The lowest BCUT2D eigenvalue weighted by atomic mass is 9.86. The molecule has 2 aliphatic rings. The molecule has 3 atom stereocenters. The van der Waals surface area contributed by atoms with Crippen molar-refractivity contribution in [2.24, 2.45) is 5.92 Å². The van der Waals surface area contributed by atoms with Crippen molar-refractivity contribution in [1.82, 2.24) is 0 Å². The lowest BCUT2D eigenvalue weighted by Crippen LogP contribution is -2.16. The molecule has 3 unspecified atom stereocenters. The minimum Gasteiger partial charge on any atom is -0.375 e. The van der Waals surface area contributed by atoms with Gasteiger partial charge in [0.25, 0.3) is 0 Å². The standard InChI is InChI=1S/C10H16O2/c1-7(11)2-3-8-6-9-4-5-10(8)12-9/h8-10H,2-6H2,1H3. The van der Waals surface area contributed by atoms with Crippen LogP contribution in [0.5, 0.6) is 0 Å². The van der Waals surface area contributed by atoms with Gasteiger partial charge in [0.1, 0.15) is 5.78 Å². The predicted molar refractivity (Wildman–Crippen MR) is 45.9 cm³/mol. The van der Waals surface area contributed by atoms with E-state index in [-0.39, 0.29) is 0 Å². The summed E-state index contributed by atoms with van der Waals surface area (Å²) in [5, 5.41) is 0. The highest BCUT2D eigenvalue weighted by atomic mass is 16.5. The molecule has 2 heterocycles. The summed E-state index contributed by atoms with van der Waals surface area (Å²) in [7, 11) is 0. The van der Waals surface area contributed by atoms with Crippen molar-refractivity contribution in [3.63, 3.8) is 0 Å². The van der Waals surface area contributed by atoms with Gasteiger partial charge in [-0.25, -0.2) is 0 Å². The molecule has 0 amide bonds. The van der Waals surface area contributed by atoms with E-state index in [0.29, 0.717) is 23.9 Å². The molecule has 0 spiro atoms. The first-order valence-electron chi connectivity index (χ1n) is 4.90. The van der Waals surface area contributed by atoms with E-state index in [1.807, 2.05) is 0 Å². The quantitative estimate of drug-likeness (QED) is 0.643. The number of carbonyl (C=O) groups is 1. The molecule has 0 aromatic carbocycles. The van der Waals surface area contributed by atoms with Crippen LogP contribution in [0.1, 0.15) is 39.0 Å². The Bertz CT molecular complexity index is 188. The van der Waals surface area contributed by atoms with Crippen molar-refractivity contribution < 1.29 is 9.53 Å². The van der Waals surface area contributed by atoms with Gasteiger partial charge in [-0.05, 0) is 38.5 Å². The summed E-state index contributed by atoms with van der Waals surface area (Å²) in [4.78, 5) is 10.8. The summed E-state index contributed by atoms with van der Waals surface area (Å²) in [5.74, 6) is 1.01. The molecule has 2 nitrogen and oxygen atoms in total. The zero-order valence-electron chi connectivity index (χ0n) is 7.58. The highest BCUT2D eigenvalue weighted by Crippen LogP contribution is 2.40. The van der Waals surface area contributed by atoms with Crippen molar-refractivity contribution in [1.29, 1.82) is 0 Å². The molecule has 2 saturated heterocycles. The van der Waals surface area contributed by atoms with E-state index in [9.17, 15) is 4.79 Å². The van der Waals surface area contributed by atoms with Gasteiger partial charge in [0.05, 0.1) is 12.2 Å². The second-order valence-corrected chi connectivity index (χ2v) is 4.11. The SMILES string of the molecule is CC(=O)CCC1CC2CCC1O2. The molecule has 2 bridgehead atoms. The summed E-state index contributed by atoms with van der Waals surface area (Å²) in [6.07, 6.45) is 6.52. The van der Waals surface area contributed by atoms with E-state index in [0.717, 1.165) is 12.8 Å². The Hall–Kier alpha value is -0.370. The van der Waals surface area contributed by atoms with E-state index < -0.39 is 0 Å². The monoisotopic (exact) mass is 168 g/mol. The smallest absolute Gasteiger partial charge is 0.129 e. The van der Waals surface area contributed by atoms with Crippen molar-refractivity contribution in [2.45, 2.75) is 51.2 Å². The molecule has 68 valence electrons. The Balaban J connectivity index is 1.79. The minimum atomic E-state index is 0.317. The van der Waals surface area contributed by atoms with Crippen LogP contribution in [0.2, 0.25) is 0 Å². The number of rotatable bonds is 3. The molecule has 2 fully saturated rings. The normalized spacial score (nSPS) is 38.9. The van der Waals surface area contributed by atoms with Gasteiger partial charge < -0.3 is 9.53 Å². The first-order valence-corrected chi connectivity index (χ1v) is 4.90. The number of hydrogen-bond donors (Lipinski definition) is 0. The van der Waals surface area contributed by atoms with Gasteiger partial charge >= 0.3 is 0 Å². The Morgan fingerprint density at radius 3 is 2.83 bits per heavy atom. The average Bonchev–Trinajstić information content (AvgIpc) is 2.60. The Kier molecular flexibility index (Phi) is 2.18. The predicted octanol–water partition coefficient (Wildman–Crippen LogP) is 1.92. The third-order valence-electron chi connectivity index (χ3n) is 3.10. The van der Waals surface area contributed by atoms with Gasteiger partial charge in [-0.2, -0.15) is 0 Å². The van der Waals surface area contributed by atoms with E-state index in [1.54, 1.807) is 6.92 Å². The fraction of sp³-hybridized carbons (Fsp3) is 0.900. The van der Waals surface area contributed by atoms with E-state index in [1.165, 1.54) is 19.3 Å². The van der Waals surface area contributed by atoms with E-state index >= 15 is 0 Å². The van der Waals surface area contributed by atoms with Gasteiger partial charge in [-0.1, -0.05) is 0 Å². The molecule has 0 aliphatic carbocycles. The second kappa shape index (κ2) is 3.17. The van der Waals surface area contributed by atoms with Gasteiger partial charge in [0.2, 0.25) is 0 Å². The maximum absolute atomic E-state index is 10.8. The Labute approximate surface area is 73.3 Å². The third kappa shape index (κ3) is 1.53. The van der Waals surface area contributed by atoms with Crippen LogP contribution in [0.3, 0.4) is 0 Å². The number of hydrogen-bond acceptors (Lipinski definition) is 2. The summed E-state index contributed by atoms with van der Waals surface area (Å²) < 4.78 is 5.71. The number of ketones is 1. The summed E-state index contributed by atoms with van der Waals surface area (Å²) >= 11 is 0. The lowest BCUT2D eigenvalue weighted by molar-refractivity contribution is -0.117. The summed E-state index contributed by atoms with van der Waals surface area (Å²) in [5.41, 5.74) is 0. The Morgan fingerprint density at radius 2 is 2.33 bits per heavy atom. The first-order chi connectivity index (χ1) is 5.75. The number of Topliss-reactive ketones (excluding diaryl/α,β-unsaturated/α-hetero) is 1. The topological polar surface area (TPSA) is 26.3 Å². The van der Waals surface area contributed by atoms with Crippen LogP contribution in [0.4, 0.5) is 0 Å². The molecule has 0 aromatic heterocycles. The largest absolute Gasteiger partial charge is 0.375 e.